The number of benzene rings is 1. The molecule has 1 aliphatic rings. The summed E-state index contributed by atoms with van der Waals surface area (Å²) in [7, 11) is -2.96. The number of nitrogens with one attached hydrogen (secondary N) is 2. The fraction of sp³-hybridized carbons (Fsp3) is 0.588. The Labute approximate surface area is 138 Å². The minimum absolute atomic E-state index is 0.105. The van der Waals surface area contributed by atoms with Crippen molar-refractivity contribution in [2.24, 2.45) is 5.92 Å². The lowest BCUT2D eigenvalue weighted by atomic mass is 9.95. The Balaban J connectivity index is 1.74. The Morgan fingerprint density at radius 3 is 2.65 bits per heavy atom. The number of hydrogen-bond acceptors (Lipinski definition) is 3. The molecule has 0 saturated heterocycles. The van der Waals surface area contributed by atoms with E-state index in [9.17, 15) is 13.2 Å². The molecule has 0 spiro atoms. The van der Waals surface area contributed by atoms with Crippen molar-refractivity contribution >= 4 is 15.9 Å². The van der Waals surface area contributed by atoms with Crippen LogP contribution in [0.1, 0.15) is 31.2 Å². The zero-order valence-corrected chi connectivity index (χ0v) is 14.4. The minimum Gasteiger partial charge on any atom is -0.338 e. The van der Waals surface area contributed by atoms with Gasteiger partial charge in [-0.3, -0.25) is 0 Å². The average Bonchev–Trinajstić information content (AvgIpc) is 2.91. The molecule has 1 aliphatic carbocycles. The van der Waals surface area contributed by atoms with Crippen LogP contribution in [0.4, 0.5) is 4.79 Å². The molecule has 5 nitrogen and oxygen atoms in total. The first kappa shape index (κ1) is 17.8. The number of rotatable bonds is 7. The molecule has 2 atom stereocenters. The second-order valence-electron chi connectivity index (χ2n) is 6.37. The summed E-state index contributed by atoms with van der Waals surface area (Å²) in [6.45, 7) is 0.384. The Morgan fingerprint density at radius 1 is 1.22 bits per heavy atom. The molecule has 1 fully saturated rings. The highest BCUT2D eigenvalue weighted by atomic mass is 32.2. The Morgan fingerprint density at radius 2 is 1.96 bits per heavy atom. The predicted octanol–water partition coefficient (Wildman–Crippen LogP) is 2.13. The molecule has 0 aromatic heterocycles. The van der Waals surface area contributed by atoms with Crippen molar-refractivity contribution in [2.45, 2.75) is 38.1 Å². The first-order chi connectivity index (χ1) is 10.9. The van der Waals surface area contributed by atoms with Gasteiger partial charge in [-0.05, 0) is 37.2 Å². The molecule has 0 radical (unpaired) electrons. The van der Waals surface area contributed by atoms with Gasteiger partial charge in [0.2, 0.25) is 0 Å². The summed E-state index contributed by atoms with van der Waals surface area (Å²) in [5.74, 6) is 0.576. The number of amides is 2. The summed E-state index contributed by atoms with van der Waals surface area (Å²) in [6, 6.07) is 10.4. The summed E-state index contributed by atoms with van der Waals surface area (Å²) in [5, 5.41) is 5.80. The van der Waals surface area contributed by atoms with Gasteiger partial charge in [-0.15, -0.1) is 0 Å². The maximum Gasteiger partial charge on any atom is 0.315 e. The molecule has 23 heavy (non-hydrogen) atoms. The molecule has 0 unspecified atom stereocenters. The van der Waals surface area contributed by atoms with Gasteiger partial charge >= 0.3 is 6.03 Å². The number of sulfone groups is 1. The van der Waals surface area contributed by atoms with Crippen LogP contribution >= 0.6 is 0 Å². The van der Waals surface area contributed by atoms with Crippen LogP contribution in [-0.4, -0.2) is 39.0 Å². The monoisotopic (exact) mass is 338 g/mol. The third-order valence-corrected chi connectivity index (χ3v) is 5.32. The molecule has 6 heteroatoms. The van der Waals surface area contributed by atoms with Gasteiger partial charge in [0, 0.05) is 18.8 Å². The van der Waals surface area contributed by atoms with Crippen LogP contribution in [-0.2, 0) is 16.3 Å². The number of urea groups is 1. The lowest BCUT2D eigenvalue weighted by molar-refractivity contribution is 0.233. The maximum absolute atomic E-state index is 11.9. The smallest absolute Gasteiger partial charge is 0.315 e. The van der Waals surface area contributed by atoms with Crippen LogP contribution in [0.3, 0.4) is 0 Å². The van der Waals surface area contributed by atoms with E-state index in [4.69, 9.17) is 0 Å². The molecule has 0 bridgehead atoms. The van der Waals surface area contributed by atoms with E-state index >= 15 is 0 Å². The van der Waals surface area contributed by atoms with Gasteiger partial charge in [0.1, 0.15) is 9.84 Å². The first-order valence-corrected chi connectivity index (χ1v) is 10.3. The van der Waals surface area contributed by atoms with Crippen molar-refractivity contribution in [1.29, 1.82) is 0 Å². The minimum atomic E-state index is -2.96. The van der Waals surface area contributed by atoms with Gasteiger partial charge in [0.05, 0.1) is 5.75 Å². The molecule has 1 aromatic carbocycles. The second kappa shape index (κ2) is 8.34. The molecule has 128 valence electrons. The summed E-state index contributed by atoms with van der Waals surface area (Å²) in [4.78, 5) is 11.9. The number of carbonyl (C=O) groups is 1. The van der Waals surface area contributed by atoms with Crippen molar-refractivity contribution in [3.8, 4) is 0 Å². The zero-order valence-electron chi connectivity index (χ0n) is 13.6. The van der Waals surface area contributed by atoms with E-state index < -0.39 is 9.84 Å². The quantitative estimate of drug-likeness (QED) is 0.748. The summed E-state index contributed by atoms with van der Waals surface area (Å²) in [6.07, 6.45) is 5.92. The van der Waals surface area contributed by atoms with E-state index in [-0.39, 0.29) is 17.8 Å². The van der Waals surface area contributed by atoms with Crippen LogP contribution < -0.4 is 10.6 Å². The largest absolute Gasteiger partial charge is 0.338 e. The summed E-state index contributed by atoms with van der Waals surface area (Å²) < 4.78 is 22.1. The van der Waals surface area contributed by atoms with E-state index in [2.05, 4.69) is 22.8 Å². The van der Waals surface area contributed by atoms with E-state index in [1.807, 2.05) is 18.2 Å². The lowest BCUT2D eigenvalue weighted by Gasteiger charge is -2.21. The first-order valence-electron chi connectivity index (χ1n) is 8.20. The SMILES string of the molecule is CS(=O)(=O)CCCNC(=O)N[C@@H]1CCC[C@@H]1Cc1ccccc1. The molecule has 0 aliphatic heterocycles. The van der Waals surface area contributed by atoms with Crippen molar-refractivity contribution in [1.82, 2.24) is 10.6 Å². The summed E-state index contributed by atoms with van der Waals surface area (Å²) in [5.41, 5.74) is 1.31. The molecule has 2 amide bonds. The van der Waals surface area contributed by atoms with Crippen LogP contribution in [0, 0.1) is 5.92 Å². The van der Waals surface area contributed by atoms with Crippen molar-refractivity contribution in [2.75, 3.05) is 18.6 Å². The fourth-order valence-electron chi connectivity index (χ4n) is 3.14. The Kier molecular flexibility index (Phi) is 6.45. The van der Waals surface area contributed by atoms with Crippen molar-refractivity contribution in [3.63, 3.8) is 0 Å². The Hall–Kier alpha value is -1.56. The third-order valence-electron chi connectivity index (χ3n) is 4.29. The summed E-state index contributed by atoms with van der Waals surface area (Å²) >= 11 is 0. The van der Waals surface area contributed by atoms with Crippen LogP contribution in [0.2, 0.25) is 0 Å². The standard InChI is InChI=1S/C17H26N2O3S/c1-23(21,22)12-6-11-18-17(20)19-16-10-5-9-15(16)13-14-7-3-2-4-8-14/h2-4,7-8,15-16H,5-6,9-13H2,1H3,(H2,18,19,20)/t15-,16-/m1/s1. The average molecular weight is 338 g/mol. The van der Waals surface area contributed by atoms with Gasteiger partial charge in [-0.25, -0.2) is 13.2 Å². The topological polar surface area (TPSA) is 75.3 Å². The molecular weight excluding hydrogens is 312 g/mol. The predicted molar refractivity (Wildman–Crippen MR) is 92.1 cm³/mol. The highest BCUT2D eigenvalue weighted by Crippen LogP contribution is 2.28. The number of carbonyl (C=O) groups excluding carboxylic acids is 1. The second-order valence-corrected chi connectivity index (χ2v) is 8.63. The van der Waals surface area contributed by atoms with Crippen LogP contribution in [0.5, 0.6) is 0 Å². The zero-order chi connectivity index (χ0) is 16.7. The van der Waals surface area contributed by atoms with Crippen LogP contribution in [0.15, 0.2) is 30.3 Å². The van der Waals surface area contributed by atoms with Crippen molar-refractivity contribution in [3.05, 3.63) is 35.9 Å². The van der Waals surface area contributed by atoms with E-state index in [0.29, 0.717) is 18.9 Å². The van der Waals surface area contributed by atoms with Gasteiger partial charge in [0.25, 0.3) is 0 Å². The van der Waals surface area contributed by atoms with Gasteiger partial charge in [-0.2, -0.15) is 0 Å². The third kappa shape index (κ3) is 6.60. The molecule has 2 N–H and O–H groups in total. The Bertz CT molecular complexity index is 602. The van der Waals surface area contributed by atoms with E-state index in [0.717, 1.165) is 25.7 Å². The van der Waals surface area contributed by atoms with Gasteiger partial charge < -0.3 is 10.6 Å². The normalized spacial score (nSPS) is 21.1. The van der Waals surface area contributed by atoms with Crippen LogP contribution in [0.25, 0.3) is 0 Å². The highest BCUT2D eigenvalue weighted by Gasteiger charge is 2.28. The van der Waals surface area contributed by atoms with Gasteiger partial charge in [-0.1, -0.05) is 36.8 Å². The van der Waals surface area contributed by atoms with Gasteiger partial charge in [0.15, 0.2) is 0 Å². The molecule has 1 saturated carbocycles. The maximum atomic E-state index is 11.9. The molecular formula is C17H26N2O3S. The molecule has 1 aromatic rings. The molecule has 2 rings (SSSR count). The number of hydrogen-bond donors (Lipinski definition) is 2. The van der Waals surface area contributed by atoms with E-state index in [1.165, 1.54) is 11.8 Å². The molecule has 0 heterocycles. The fourth-order valence-corrected chi connectivity index (χ4v) is 3.81. The van der Waals surface area contributed by atoms with Crippen molar-refractivity contribution < 1.29 is 13.2 Å². The highest BCUT2D eigenvalue weighted by molar-refractivity contribution is 7.90. The lowest BCUT2D eigenvalue weighted by Crippen LogP contribution is -2.44. The van der Waals surface area contributed by atoms with E-state index in [1.54, 1.807) is 0 Å².